The molecule has 0 N–H and O–H groups in total. The third kappa shape index (κ3) is 0.984. The van der Waals surface area contributed by atoms with Crippen LogP contribution in [-0.2, 0) is 0 Å². The summed E-state index contributed by atoms with van der Waals surface area (Å²) in [6.45, 7) is 18.1. The third-order valence-electron chi connectivity index (χ3n) is 5.39. The summed E-state index contributed by atoms with van der Waals surface area (Å²) in [7, 11) is 0. The monoisotopic (exact) mass is 204 g/mol. The number of allylic oxidation sites excluding steroid dienone is 2. The van der Waals surface area contributed by atoms with Crippen molar-refractivity contribution in [3.05, 3.63) is 24.3 Å². The van der Waals surface area contributed by atoms with Gasteiger partial charge in [-0.15, -0.1) is 0 Å². The van der Waals surface area contributed by atoms with Gasteiger partial charge in [-0.25, -0.2) is 0 Å². The molecule has 0 aromatic heterocycles. The molecule has 3 atom stereocenters. The highest BCUT2D eigenvalue weighted by Gasteiger charge is 2.67. The van der Waals surface area contributed by atoms with Gasteiger partial charge in [-0.2, -0.15) is 0 Å². The Morgan fingerprint density at radius 2 is 1.93 bits per heavy atom. The Labute approximate surface area is 94.5 Å². The number of hydrogen-bond donors (Lipinski definition) is 0. The zero-order chi connectivity index (χ0) is 11.4. The Hall–Kier alpha value is -0.520. The van der Waals surface area contributed by atoms with Gasteiger partial charge in [0.15, 0.2) is 0 Å². The van der Waals surface area contributed by atoms with Gasteiger partial charge in [0.25, 0.3) is 0 Å². The normalized spacial score (nSPS) is 44.5. The maximum absolute atomic E-state index is 4.31. The van der Waals surface area contributed by atoms with Crippen molar-refractivity contribution in [3.63, 3.8) is 0 Å². The minimum absolute atomic E-state index is 0.380. The Bertz CT molecular complexity index is 323. The summed E-state index contributed by atoms with van der Waals surface area (Å²) in [6.07, 6.45) is 3.66. The molecule has 0 aliphatic heterocycles. The molecule has 0 radical (unpaired) electrons. The van der Waals surface area contributed by atoms with Gasteiger partial charge in [0.1, 0.15) is 0 Å². The van der Waals surface area contributed by atoms with Crippen molar-refractivity contribution in [2.45, 2.75) is 47.0 Å². The molecule has 3 unspecified atom stereocenters. The van der Waals surface area contributed by atoms with Crippen molar-refractivity contribution < 1.29 is 0 Å². The first-order chi connectivity index (χ1) is 6.90. The standard InChI is InChI=1S/C15H24/c1-7-13-11(4)8-15(10(2)3)12(5)9-14(13,15)6/h10,13H,4-5,7-9H2,1-3,6H3. The second-order valence-electron chi connectivity index (χ2n) is 6.12. The van der Waals surface area contributed by atoms with Crippen LogP contribution in [0.2, 0.25) is 0 Å². The van der Waals surface area contributed by atoms with Crippen molar-refractivity contribution in [2.75, 3.05) is 0 Å². The van der Waals surface area contributed by atoms with E-state index in [1.165, 1.54) is 30.4 Å². The summed E-state index contributed by atoms with van der Waals surface area (Å²) in [5, 5.41) is 0. The molecule has 15 heavy (non-hydrogen) atoms. The lowest BCUT2D eigenvalue weighted by Crippen LogP contribution is -2.53. The quantitative estimate of drug-likeness (QED) is 0.577. The average Bonchev–Trinajstić information content (AvgIpc) is 2.30. The van der Waals surface area contributed by atoms with Crippen molar-refractivity contribution >= 4 is 0 Å². The van der Waals surface area contributed by atoms with Crippen molar-refractivity contribution in [3.8, 4) is 0 Å². The van der Waals surface area contributed by atoms with E-state index in [0.717, 1.165) is 5.92 Å². The molecule has 2 aliphatic carbocycles. The first kappa shape index (κ1) is 11.0. The predicted molar refractivity (Wildman–Crippen MR) is 66.7 cm³/mol. The van der Waals surface area contributed by atoms with Crippen LogP contribution >= 0.6 is 0 Å². The molecular weight excluding hydrogens is 180 g/mol. The summed E-state index contributed by atoms with van der Waals surface area (Å²) in [5.41, 5.74) is 3.80. The average molecular weight is 204 g/mol. The first-order valence-corrected chi connectivity index (χ1v) is 6.26. The highest BCUT2D eigenvalue weighted by Crippen LogP contribution is 2.75. The van der Waals surface area contributed by atoms with E-state index in [-0.39, 0.29) is 0 Å². The Balaban J connectivity index is 2.46. The van der Waals surface area contributed by atoms with E-state index in [1.807, 2.05) is 0 Å². The summed E-state index contributed by atoms with van der Waals surface area (Å²) < 4.78 is 0. The second-order valence-corrected chi connectivity index (χ2v) is 6.12. The van der Waals surface area contributed by atoms with Gasteiger partial charge < -0.3 is 0 Å². The molecule has 0 bridgehead atoms. The van der Waals surface area contributed by atoms with Gasteiger partial charge in [-0.3, -0.25) is 0 Å². The summed E-state index contributed by atoms with van der Waals surface area (Å²) >= 11 is 0. The van der Waals surface area contributed by atoms with Gasteiger partial charge in [-0.05, 0) is 36.5 Å². The molecule has 84 valence electrons. The molecular formula is C15H24. The van der Waals surface area contributed by atoms with E-state index >= 15 is 0 Å². The lowest BCUT2D eigenvalue weighted by Gasteiger charge is -2.60. The Morgan fingerprint density at radius 1 is 1.33 bits per heavy atom. The molecule has 0 heteroatoms. The van der Waals surface area contributed by atoms with Crippen molar-refractivity contribution in [1.82, 2.24) is 0 Å². The van der Waals surface area contributed by atoms with E-state index in [9.17, 15) is 0 Å². The minimum atomic E-state index is 0.380. The second kappa shape index (κ2) is 2.99. The third-order valence-corrected chi connectivity index (χ3v) is 5.39. The van der Waals surface area contributed by atoms with Crippen LogP contribution in [0.1, 0.15) is 47.0 Å². The summed E-state index contributed by atoms with van der Waals surface area (Å²) in [6, 6.07) is 0. The van der Waals surface area contributed by atoms with Crippen LogP contribution in [0.4, 0.5) is 0 Å². The topological polar surface area (TPSA) is 0 Å². The van der Waals surface area contributed by atoms with Crippen LogP contribution in [0.3, 0.4) is 0 Å². The number of hydrogen-bond acceptors (Lipinski definition) is 0. The van der Waals surface area contributed by atoms with Crippen LogP contribution in [0.5, 0.6) is 0 Å². The fraction of sp³-hybridized carbons (Fsp3) is 0.733. The Morgan fingerprint density at radius 3 is 2.27 bits per heavy atom. The van der Waals surface area contributed by atoms with E-state index in [2.05, 4.69) is 40.9 Å². The lowest BCUT2D eigenvalue weighted by molar-refractivity contribution is -0.0309. The highest BCUT2D eigenvalue weighted by molar-refractivity contribution is 5.40. The molecule has 2 fully saturated rings. The molecule has 0 aromatic rings. The maximum atomic E-state index is 4.31. The molecule has 0 aromatic carbocycles. The zero-order valence-electron chi connectivity index (χ0n) is 10.7. The first-order valence-electron chi connectivity index (χ1n) is 6.26. The molecule has 2 aliphatic rings. The summed E-state index contributed by atoms with van der Waals surface area (Å²) in [5.74, 6) is 1.43. The lowest BCUT2D eigenvalue weighted by atomic mass is 9.43. The summed E-state index contributed by atoms with van der Waals surface area (Å²) in [4.78, 5) is 0. The largest absolute Gasteiger partial charge is 0.0995 e. The van der Waals surface area contributed by atoms with Gasteiger partial charge >= 0.3 is 0 Å². The SMILES string of the molecule is C=C1CC2(C(C)C)C(=C)CC2(C)C1CC. The van der Waals surface area contributed by atoms with E-state index in [1.54, 1.807) is 0 Å². The van der Waals surface area contributed by atoms with Crippen LogP contribution in [0.25, 0.3) is 0 Å². The van der Waals surface area contributed by atoms with Gasteiger partial charge in [0, 0.05) is 5.41 Å². The zero-order valence-corrected chi connectivity index (χ0v) is 10.7. The molecule has 0 nitrogen and oxygen atoms in total. The molecule has 2 rings (SSSR count). The highest BCUT2D eigenvalue weighted by atomic mass is 14.7. The van der Waals surface area contributed by atoms with E-state index < -0.39 is 0 Å². The van der Waals surface area contributed by atoms with E-state index in [0.29, 0.717) is 16.7 Å². The van der Waals surface area contributed by atoms with Crippen LogP contribution in [-0.4, -0.2) is 0 Å². The smallest absolute Gasteiger partial charge is 0.00320 e. The Kier molecular flexibility index (Phi) is 2.19. The fourth-order valence-corrected chi connectivity index (χ4v) is 4.76. The van der Waals surface area contributed by atoms with E-state index in [4.69, 9.17) is 0 Å². The maximum Gasteiger partial charge on any atom is 0.00320 e. The molecule has 0 spiro atoms. The molecule has 0 heterocycles. The number of fused-ring (bicyclic) bond motifs is 1. The fourth-order valence-electron chi connectivity index (χ4n) is 4.76. The molecule has 0 amide bonds. The number of rotatable bonds is 2. The van der Waals surface area contributed by atoms with Gasteiger partial charge in [0.2, 0.25) is 0 Å². The van der Waals surface area contributed by atoms with Crippen molar-refractivity contribution in [1.29, 1.82) is 0 Å². The predicted octanol–water partition coefficient (Wildman–Crippen LogP) is 4.58. The minimum Gasteiger partial charge on any atom is -0.0995 e. The van der Waals surface area contributed by atoms with Crippen LogP contribution in [0, 0.1) is 22.7 Å². The van der Waals surface area contributed by atoms with Crippen LogP contribution in [0.15, 0.2) is 24.3 Å². The van der Waals surface area contributed by atoms with Crippen LogP contribution < -0.4 is 0 Å². The van der Waals surface area contributed by atoms with Gasteiger partial charge in [0.05, 0.1) is 0 Å². The van der Waals surface area contributed by atoms with Gasteiger partial charge in [-0.1, -0.05) is 52.0 Å². The molecule has 2 saturated carbocycles. The van der Waals surface area contributed by atoms with Crippen molar-refractivity contribution in [2.24, 2.45) is 22.7 Å². The molecule has 0 saturated heterocycles.